The van der Waals surface area contributed by atoms with Gasteiger partial charge in [0.1, 0.15) is 0 Å². The highest BCUT2D eigenvalue weighted by Gasteiger charge is 2.06. The summed E-state index contributed by atoms with van der Waals surface area (Å²) in [5, 5.41) is 8.80. The maximum Gasteiger partial charge on any atom is 0.191 e. The molecular weight excluding hydrogens is 282 g/mol. The van der Waals surface area contributed by atoms with Crippen LogP contribution in [0.2, 0.25) is 0 Å². The Labute approximate surface area is 133 Å². The molecule has 5 heteroatoms. The summed E-state index contributed by atoms with van der Waals surface area (Å²) in [7, 11) is 0. The number of guanidine groups is 1. The van der Waals surface area contributed by atoms with Gasteiger partial charge in [-0.05, 0) is 38.1 Å². The van der Waals surface area contributed by atoms with Crippen LogP contribution in [0.3, 0.4) is 0 Å². The lowest BCUT2D eigenvalue weighted by Gasteiger charge is -2.13. The summed E-state index contributed by atoms with van der Waals surface area (Å²) in [6.07, 6.45) is 2.19. The molecule has 0 aliphatic rings. The lowest BCUT2D eigenvalue weighted by molar-refractivity contribution is 0.143. The van der Waals surface area contributed by atoms with Crippen molar-refractivity contribution in [3.8, 4) is 0 Å². The van der Waals surface area contributed by atoms with Gasteiger partial charge in [0, 0.05) is 37.1 Å². The Bertz CT molecular complexity index is 379. The Hall–Kier alpha value is -1.07. The van der Waals surface area contributed by atoms with Gasteiger partial charge >= 0.3 is 0 Å². The summed E-state index contributed by atoms with van der Waals surface area (Å²) in [5.41, 5.74) is 0. The Balaban J connectivity index is 2.29. The zero-order chi connectivity index (χ0) is 15.3. The van der Waals surface area contributed by atoms with Crippen molar-refractivity contribution in [1.29, 1.82) is 0 Å². The van der Waals surface area contributed by atoms with Gasteiger partial charge in [0.15, 0.2) is 5.96 Å². The molecule has 2 N–H and O–H groups in total. The quantitative estimate of drug-likeness (QED) is 0.396. The lowest BCUT2D eigenvalue weighted by Crippen LogP contribution is -2.38. The number of nitrogens with zero attached hydrogens (tertiary/aromatic N) is 1. The van der Waals surface area contributed by atoms with Gasteiger partial charge in [-0.2, -0.15) is 0 Å². The van der Waals surface area contributed by atoms with Crippen LogP contribution in [0.1, 0.15) is 44.4 Å². The molecule has 1 aromatic rings. The SMILES string of the molecule is CCNC(=NCC(C)c1cccs1)NCCCCOCC. The average Bonchev–Trinajstić information content (AvgIpc) is 3.02. The first-order chi connectivity index (χ1) is 10.3. The third-order valence-corrected chi connectivity index (χ3v) is 4.21. The minimum atomic E-state index is 0.471. The van der Waals surface area contributed by atoms with Crippen LogP contribution in [0.4, 0.5) is 0 Å². The first kappa shape index (κ1) is 18.0. The molecule has 0 aliphatic carbocycles. The Morgan fingerprint density at radius 2 is 2.19 bits per heavy atom. The molecule has 0 fully saturated rings. The Morgan fingerprint density at radius 1 is 1.33 bits per heavy atom. The number of hydrogen-bond donors (Lipinski definition) is 2. The van der Waals surface area contributed by atoms with Gasteiger partial charge in [0.2, 0.25) is 0 Å². The third kappa shape index (κ3) is 8.07. The van der Waals surface area contributed by atoms with E-state index in [-0.39, 0.29) is 0 Å². The van der Waals surface area contributed by atoms with E-state index < -0.39 is 0 Å². The fourth-order valence-electron chi connectivity index (χ4n) is 1.91. The number of rotatable bonds is 10. The average molecular weight is 311 g/mol. The second kappa shape index (κ2) is 11.6. The normalized spacial score (nSPS) is 13.2. The van der Waals surface area contributed by atoms with E-state index in [1.54, 1.807) is 11.3 Å². The predicted octanol–water partition coefficient (Wildman–Crippen LogP) is 3.22. The summed E-state index contributed by atoms with van der Waals surface area (Å²) in [6, 6.07) is 4.28. The molecule has 0 saturated carbocycles. The molecule has 1 rings (SSSR count). The second-order valence-corrected chi connectivity index (χ2v) is 5.95. The van der Waals surface area contributed by atoms with Gasteiger partial charge < -0.3 is 15.4 Å². The zero-order valence-electron chi connectivity index (χ0n) is 13.5. The van der Waals surface area contributed by atoms with E-state index in [4.69, 9.17) is 4.74 Å². The summed E-state index contributed by atoms with van der Waals surface area (Å²) in [5.74, 6) is 1.38. The van der Waals surface area contributed by atoms with Gasteiger partial charge in [-0.25, -0.2) is 0 Å². The summed E-state index contributed by atoms with van der Waals surface area (Å²) in [6.45, 7) is 10.6. The minimum Gasteiger partial charge on any atom is -0.382 e. The molecule has 4 nitrogen and oxygen atoms in total. The predicted molar refractivity (Wildman–Crippen MR) is 92.4 cm³/mol. The largest absolute Gasteiger partial charge is 0.382 e. The summed E-state index contributed by atoms with van der Waals surface area (Å²) in [4.78, 5) is 6.07. The first-order valence-electron chi connectivity index (χ1n) is 7.91. The molecule has 1 atom stereocenters. The molecule has 0 aliphatic heterocycles. The maximum atomic E-state index is 5.34. The van der Waals surface area contributed by atoms with E-state index in [2.05, 4.69) is 47.0 Å². The Kier molecular flexibility index (Phi) is 9.91. The topological polar surface area (TPSA) is 45.7 Å². The molecule has 0 saturated heterocycles. The van der Waals surface area contributed by atoms with Gasteiger partial charge in [-0.15, -0.1) is 11.3 Å². The Morgan fingerprint density at radius 3 is 2.86 bits per heavy atom. The van der Waals surface area contributed by atoms with Gasteiger partial charge in [-0.3, -0.25) is 4.99 Å². The van der Waals surface area contributed by atoms with Crippen molar-refractivity contribution >= 4 is 17.3 Å². The highest BCUT2D eigenvalue weighted by atomic mass is 32.1. The smallest absolute Gasteiger partial charge is 0.191 e. The molecule has 0 aromatic carbocycles. The van der Waals surface area contributed by atoms with Gasteiger partial charge in [0.05, 0.1) is 6.54 Å². The number of aliphatic imine (C=N–C) groups is 1. The molecule has 0 spiro atoms. The van der Waals surface area contributed by atoms with E-state index in [1.807, 2.05) is 6.92 Å². The molecule has 0 radical (unpaired) electrons. The third-order valence-electron chi connectivity index (χ3n) is 3.11. The van der Waals surface area contributed by atoms with Crippen LogP contribution in [0.25, 0.3) is 0 Å². The van der Waals surface area contributed by atoms with Crippen molar-refractivity contribution in [2.45, 2.75) is 39.5 Å². The molecular formula is C16H29N3OS. The van der Waals surface area contributed by atoms with E-state index in [9.17, 15) is 0 Å². The van der Waals surface area contributed by atoms with Crippen LogP contribution in [0.15, 0.2) is 22.5 Å². The highest BCUT2D eigenvalue weighted by Crippen LogP contribution is 2.20. The van der Waals surface area contributed by atoms with Crippen molar-refractivity contribution in [3.05, 3.63) is 22.4 Å². The standard InChI is InChI=1S/C16H29N3OS/c1-4-17-16(18-10-6-7-11-20-5-2)19-13-14(3)15-9-8-12-21-15/h8-9,12,14H,4-7,10-11,13H2,1-3H3,(H2,17,18,19). The van der Waals surface area contributed by atoms with Crippen LogP contribution < -0.4 is 10.6 Å². The van der Waals surface area contributed by atoms with Crippen LogP contribution >= 0.6 is 11.3 Å². The van der Waals surface area contributed by atoms with Crippen LogP contribution in [0.5, 0.6) is 0 Å². The molecule has 1 aromatic heterocycles. The molecule has 21 heavy (non-hydrogen) atoms. The van der Waals surface area contributed by atoms with Crippen LogP contribution in [0, 0.1) is 0 Å². The van der Waals surface area contributed by atoms with E-state index in [1.165, 1.54) is 4.88 Å². The number of nitrogens with one attached hydrogen (secondary N) is 2. The van der Waals surface area contributed by atoms with Crippen molar-refractivity contribution in [1.82, 2.24) is 10.6 Å². The van der Waals surface area contributed by atoms with E-state index in [0.29, 0.717) is 5.92 Å². The van der Waals surface area contributed by atoms with E-state index >= 15 is 0 Å². The van der Waals surface area contributed by atoms with Crippen LogP contribution in [-0.2, 0) is 4.74 Å². The van der Waals surface area contributed by atoms with Gasteiger partial charge in [-0.1, -0.05) is 13.0 Å². The summed E-state index contributed by atoms with van der Waals surface area (Å²) < 4.78 is 5.34. The minimum absolute atomic E-state index is 0.471. The summed E-state index contributed by atoms with van der Waals surface area (Å²) >= 11 is 1.80. The first-order valence-corrected chi connectivity index (χ1v) is 8.79. The number of thiophene rings is 1. The van der Waals surface area contributed by atoms with Gasteiger partial charge in [0.25, 0.3) is 0 Å². The number of ether oxygens (including phenoxy) is 1. The molecule has 120 valence electrons. The van der Waals surface area contributed by atoms with Crippen molar-refractivity contribution in [2.75, 3.05) is 32.8 Å². The van der Waals surface area contributed by atoms with E-state index in [0.717, 1.165) is 51.6 Å². The molecule has 1 unspecified atom stereocenters. The number of hydrogen-bond acceptors (Lipinski definition) is 3. The fourth-order valence-corrected chi connectivity index (χ4v) is 2.69. The van der Waals surface area contributed by atoms with Crippen molar-refractivity contribution < 1.29 is 4.74 Å². The van der Waals surface area contributed by atoms with Crippen LogP contribution in [-0.4, -0.2) is 38.8 Å². The fraction of sp³-hybridized carbons (Fsp3) is 0.688. The second-order valence-electron chi connectivity index (χ2n) is 4.97. The monoisotopic (exact) mass is 311 g/mol. The van der Waals surface area contributed by atoms with Crippen molar-refractivity contribution in [3.63, 3.8) is 0 Å². The molecule has 0 amide bonds. The molecule has 1 heterocycles. The lowest BCUT2D eigenvalue weighted by atomic mass is 10.1. The zero-order valence-corrected chi connectivity index (χ0v) is 14.3. The number of unbranched alkanes of at least 4 members (excludes halogenated alkanes) is 1. The molecule has 0 bridgehead atoms. The highest BCUT2D eigenvalue weighted by molar-refractivity contribution is 7.10. The van der Waals surface area contributed by atoms with Crippen molar-refractivity contribution in [2.24, 2.45) is 4.99 Å². The maximum absolute atomic E-state index is 5.34.